The van der Waals surface area contributed by atoms with E-state index >= 15 is 0 Å². The Balaban J connectivity index is 1.14. The van der Waals surface area contributed by atoms with Gasteiger partial charge in [0.05, 0.1) is 31.0 Å². The maximum Gasteiger partial charge on any atom is 0.328 e. The Morgan fingerprint density at radius 1 is 1.10 bits per heavy atom. The standard InChI is InChI=1S/C25H28N10O4/c1-13(36)9-34-23(38)20-21(32(3)25(34)39)29-12-35(20)14(2)22(37)31-19-8-26-7-18(30-19)17-5-27-24(28-6-17)33-10-15-4-16(15)11-33/h5-8,12,14-16,20-21H,4,9-11H2,1-3H3,(H,30,31,37)/t14-,15?,16?,20?,21?/m0/s1. The zero-order chi connectivity index (χ0) is 27.4. The molecule has 4 amide bonds. The number of piperidine rings is 1. The number of nitrogens with zero attached hydrogens (tertiary/aromatic N) is 9. The second-order valence-electron chi connectivity index (χ2n) is 10.5. The van der Waals surface area contributed by atoms with Gasteiger partial charge in [-0.25, -0.2) is 24.7 Å². The van der Waals surface area contributed by atoms with E-state index < -0.39 is 36.1 Å². The molecule has 0 radical (unpaired) electrons. The van der Waals surface area contributed by atoms with Crippen LogP contribution in [0.2, 0.25) is 0 Å². The quantitative estimate of drug-likeness (QED) is 0.524. The molecule has 5 heterocycles. The molecule has 0 spiro atoms. The number of aliphatic imine (C=N–C) groups is 1. The van der Waals surface area contributed by atoms with E-state index in [1.54, 1.807) is 25.5 Å². The van der Waals surface area contributed by atoms with E-state index in [0.29, 0.717) is 17.2 Å². The molecule has 4 unspecified atom stereocenters. The zero-order valence-corrected chi connectivity index (χ0v) is 21.8. The molecule has 5 atom stereocenters. The fourth-order valence-corrected chi connectivity index (χ4v) is 5.40. The van der Waals surface area contributed by atoms with E-state index in [-0.39, 0.29) is 18.1 Å². The van der Waals surface area contributed by atoms with Gasteiger partial charge < -0.3 is 20.0 Å². The molecule has 1 N–H and O–H groups in total. The monoisotopic (exact) mass is 532 g/mol. The van der Waals surface area contributed by atoms with Crippen molar-refractivity contribution in [1.29, 1.82) is 0 Å². The summed E-state index contributed by atoms with van der Waals surface area (Å²) in [7, 11) is 1.51. The highest BCUT2D eigenvalue weighted by molar-refractivity contribution is 6.05. The van der Waals surface area contributed by atoms with Gasteiger partial charge in [-0.15, -0.1) is 0 Å². The molecule has 1 aliphatic carbocycles. The maximum absolute atomic E-state index is 13.2. The summed E-state index contributed by atoms with van der Waals surface area (Å²) < 4.78 is 0. The first-order valence-corrected chi connectivity index (χ1v) is 12.8. The summed E-state index contributed by atoms with van der Waals surface area (Å²) in [4.78, 5) is 78.4. The number of urea groups is 1. The van der Waals surface area contributed by atoms with Gasteiger partial charge in [0, 0.05) is 38.1 Å². The SMILES string of the molecule is CC(=O)CN1C(=O)C2C(N=CN2[C@@H](C)C(=O)Nc2cncc(-c3cnc(N4CC5CC5C4)nc3)n2)N(C)C1=O. The molecule has 2 saturated heterocycles. The van der Waals surface area contributed by atoms with E-state index in [1.807, 2.05) is 0 Å². The minimum atomic E-state index is -0.928. The van der Waals surface area contributed by atoms with Gasteiger partial charge in [0.1, 0.15) is 11.8 Å². The van der Waals surface area contributed by atoms with E-state index in [4.69, 9.17) is 0 Å². The lowest BCUT2D eigenvalue weighted by Crippen LogP contribution is -2.66. The second kappa shape index (κ2) is 9.36. The normalized spacial score (nSPS) is 26.0. The summed E-state index contributed by atoms with van der Waals surface area (Å²) in [5.74, 6) is 1.13. The van der Waals surface area contributed by atoms with E-state index in [9.17, 15) is 19.2 Å². The minimum absolute atomic E-state index is 0.223. The number of carbonyl (C=O) groups excluding carboxylic acids is 4. The summed E-state index contributed by atoms with van der Waals surface area (Å²) in [5.41, 5.74) is 1.17. The molecular formula is C25H28N10O4. The highest BCUT2D eigenvalue weighted by Crippen LogP contribution is 2.45. The number of carbonyl (C=O) groups is 4. The van der Waals surface area contributed by atoms with Gasteiger partial charge in [0.2, 0.25) is 11.9 Å². The van der Waals surface area contributed by atoms with Crippen molar-refractivity contribution in [3.8, 4) is 11.3 Å². The molecule has 3 aliphatic heterocycles. The van der Waals surface area contributed by atoms with Crippen LogP contribution in [0.3, 0.4) is 0 Å². The van der Waals surface area contributed by atoms with E-state index in [0.717, 1.165) is 29.8 Å². The van der Waals surface area contributed by atoms with Gasteiger partial charge in [-0.2, -0.15) is 0 Å². The van der Waals surface area contributed by atoms with Crippen LogP contribution in [-0.2, 0) is 14.4 Å². The predicted octanol–water partition coefficient (Wildman–Crippen LogP) is 0.238. The summed E-state index contributed by atoms with van der Waals surface area (Å²) in [6.07, 6.45) is 8.29. The molecule has 4 aliphatic rings. The molecule has 0 aromatic carbocycles. The van der Waals surface area contributed by atoms with Crippen molar-refractivity contribution in [3.05, 3.63) is 24.8 Å². The average Bonchev–Trinajstić information content (AvgIpc) is 3.31. The van der Waals surface area contributed by atoms with Gasteiger partial charge in [-0.05, 0) is 32.1 Å². The Labute approximate surface area is 224 Å². The number of hydrogen-bond acceptors (Lipinski definition) is 11. The van der Waals surface area contributed by atoms with Crippen molar-refractivity contribution >= 4 is 41.7 Å². The van der Waals surface area contributed by atoms with Gasteiger partial charge in [-0.3, -0.25) is 24.3 Å². The molecule has 2 aromatic rings. The number of Topliss-reactive ketones (excluding diaryl/α,β-unsaturated/α-hetero) is 1. The molecule has 0 bridgehead atoms. The zero-order valence-electron chi connectivity index (χ0n) is 21.8. The number of likely N-dealkylation sites (N-methyl/N-ethyl adjacent to an activating group) is 1. The van der Waals surface area contributed by atoms with Crippen molar-refractivity contribution < 1.29 is 19.2 Å². The average molecular weight is 533 g/mol. The Hall–Kier alpha value is -4.49. The van der Waals surface area contributed by atoms with Crippen molar-refractivity contribution in [1.82, 2.24) is 34.6 Å². The lowest BCUT2D eigenvalue weighted by Gasteiger charge is -2.41. The molecule has 6 rings (SSSR count). The molecule has 14 nitrogen and oxygen atoms in total. The smallest absolute Gasteiger partial charge is 0.328 e. The number of fused-ring (bicyclic) bond motifs is 2. The van der Waals surface area contributed by atoms with Crippen LogP contribution in [0.15, 0.2) is 29.8 Å². The fraction of sp³-hybridized carbons (Fsp3) is 0.480. The summed E-state index contributed by atoms with van der Waals surface area (Å²) in [5, 5.41) is 2.74. The third-order valence-electron chi connectivity index (χ3n) is 7.69. The first-order chi connectivity index (χ1) is 18.7. The molecule has 1 saturated carbocycles. The van der Waals surface area contributed by atoms with Crippen LogP contribution in [0.1, 0.15) is 20.3 Å². The Morgan fingerprint density at radius 3 is 2.51 bits per heavy atom. The Morgan fingerprint density at radius 2 is 1.82 bits per heavy atom. The van der Waals surface area contributed by atoms with Crippen LogP contribution in [0.25, 0.3) is 11.3 Å². The third-order valence-corrected chi connectivity index (χ3v) is 7.69. The van der Waals surface area contributed by atoms with Crippen LogP contribution >= 0.6 is 0 Å². The lowest BCUT2D eigenvalue weighted by molar-refractivity contribution is -0.141. The summed E-state index contributed by atoms with van der Waals surface area (Å²) in [6.45, 7) is 4.58. The number of amides is 4. The van der Waals surface area contributed by atoms with Gasteiger partial charge in [-0.1, -0.05) is 0 Å². The molecular weight excluding hydrogens is 504 g/mol. The van der Waals surface area contributed by atoms with Crippen LogP contribution in [0.4, 0.5) is 16.6 Å². The van der Waals surface area contributed by atoms with Crippen LogP contribution in [-0.4, -0.2) is 110 Å². The first kappa shape index (κ1) is 24.8. The molecule has 39 heavy (non-hydrogen) atoms. The number of hydrogen-bond donors (Lipinski definition) is 1. The van der Waals surface area contributed by atoms with Crippen LogP contribution in [0.5, 0.6) is 0 Å². The van der Waals surface area contributed by atoms with E-state index in [2.05, 4.69) is 35.1 Å². The maximum atomic E-state index is 13.2. The number of rotatable bonds is 7. The molecule has 202 valence electrons. The highest BCUT2D eigenvalue weighted by Gasteiger charge is 2.51. The van der Waals surface area contributed by atoms with Crippen molar-refractivity contribution in [2.75, 3.05) is 36.9 Å². The first-order valence-electron chi connectivity index (χ1n) is 12.8. The van der Waals surface area contributed by atoms with Crippen LogP contribution in [0, 0.1) is 11.8 Å². The van der Waals surface area contributed by atoms with Crippen molar-refractivity contribution in [3.63, 3.8) is 0 Å². The van der Waals surface area contributed by atoms with Crippen LogP contribution < -0.4 is 10.2 Å². The number of imide groups is 1. The van der Waals surface area contributed by atoms with Gasteiger partial charge in [0.25, 0.3) is 5.91 Å². The van der Waals surface area contributed by atoms with E-state index in [1.165, 1.54) is 42.7 Å². The van der Waals surface area contributed by atoms with Gasteiger partial charge >= 0.3 is 6.03 Å². The second-order valence-corrected chi connectivity index (χ2v) is 10.5. The highest BCUT2D eigenvalue weighted by atomic mass is 16.2. The molecule has 14 heteroatoms. The topological polar surface area (TPSA) is 157 Å². The fourth-order valence-electron chi connectivity index (χ4n) is 5.40. The van der Waals surface area contributed by atoms with Gasteiger partial charge in [0.15, 0.2) is 18.0 Å². The largest absolute Gasteiger partial charge is 0.340 e. The third kappa shape index (κ3) is 4.45. The number of ketones is 1. The van der Waals surface area contributed by atoms with Crippen molar-refractivity contribution in [2.45, 2.75) is 38.5 Å². The molecule has 3 fully saturated rings. The Bertz CT molecular complexity index is 1370. The lowest BCUT2D eigenvalue weighted by atomic mass is 10.1. The Kier molecular flexibility index (Phi) is 5.96. The number of aromatic nitrogens is 4. The molecule has 2 aromatic heterocycles. The predicted molar refractivity (Wildman–Crippen MR) is 138 cm³/mol. The summed E-state index contributed by atoms with van der Waals surface area (Å²) in [6, 6.07) is -2.37. The van der Waals surface area contributed by atoms with Crippen molar-refractivity contribution in [2.24, 2.45) is 16.8 Å². The number of anilines is 2. The number of nitrogens with one attached hydrogen (secondary N) is 1. The minimum Gasteiger partial charge on any atom is -0.340 e. The summed E-state index contributed by atoms with van der Waals surface area (Å²) >= 11 is 0.